The zero-order chi connectivity index (χ0) is 14.5. The van der Waals surface area contributed by atoms with Crippen molar-refractivity contribution in [2.75, 3.05) is 12.4 Å². The number of para-hydroxylation sites is 2. The molecule has 0 heterocycles. The molecule has 0 aliphatic rings. The van der Waals surface area contributed by atoms with Crippen molar-refractivity contribution in [3.63, 3.8) is 0 Å². The van der Waals surface area contributed by atoms with Gasteiger partial charge in [0.2, 0.25) is 0 Å². The zero-order valence-corrected chi connectivity index (χ0v) is 11.5. The Morgan fingerprint density at radius 1 is 1.15 bits per heavy atom. The first-order valence-electron chi connectivity index (χ1n) is 6.30. The molecule has 2 rings (SSSR count). The number of benzene rings is 2. The molecule has 0 aliphatic carbocycles. The smallest absolute Gasteiger partial charge is 0.330 e. The summed E-state index contributed by atoms with van der Waals surface area (Å²) in [5.41, 5.74) is 2.45. The van der Waals surface area contributed by atoms with E-state index in [1.54, 1.807) is 19.2 Å². The van der Waals surface area contributed by atoms with Crippen molar-refractivity contribution in [3.8, 4) is 5.75 Å². The van der Waals surface area contributed by atoms with Crippen molar-refractivity contribution in [2.24, 2.45) is 0 Å². The van der Waals surface area contributed by atoms with Crippen molar-refractivity contribution < 1.29 is 14.6 Å². The molecule has 0 amide bonds. The predicted molar refractivity (Wildman–Crippen MR) is 78.2 cm³/mol. The highest BCUT2D eigenvalue weighted by atomic mass is 16.5. The average Bonchev–Trinajstić information content (AvgIpc) is 2.46. The van der Waals surface area contributed by atoms with Crippen molar-refractivity contribution in [2.45, 2.75) is 13.0 Å². The van der Waals surface area contributed by atoms with Gasteiger partial charge < -0.3 is 15.2 Å². The normalized spacial score (nSPS) is 11.7. The molecule has 0 radical (unpaired) electrons. The van der Waals surface area contributed by atoms with E-state index >= 15 is 0 Å². The van der Waals surface area contributed by atoms with Gasteiger partial charge in [-0.15, -0.1) is 0 Å². The first kappa shape index (κ1) is 13.9. The summed E-state index contributed by atoms with van der Waals surface area (Å²) in [5, 5.41) is 12.4. The van der Waals surface area contributed by atoms with Crippen molar-refractivity contribution in [3.05, 3.63) is 59.7 Å². The van der Waals surface area contributed by atoms with Crippen molar-refractivity contribution in [1.82, 2.24) is 0 Å². The number of carboxylic acids is 1. The molecule has 0 fully saturated rings. The molecule has 0 bridgehead atoms. The summed E-state index contributed by atoms with van der Waals surface area (Å²) < 4.78 is 5.23. The summed E-state index contributed by atoms with van der Waals surface area (Å²) in [5.74, 6) is -0.314. The Morgan fingerprint density at radius 2 is 1.80 bits per heavy atom. The first-order valence-corrected chi connectivity index (χ1v) is 6.30. The summed E-state index contributed by atoms with van der Waals surface area (Å²) in [6.45, 7) is 1.97. The number of carboxylic acid groups (broad SMARTS) is 1. The Bertz CT molecular complexity index is 593. The van der Waals surface area contributed by atoms with Crippen molar-refractivity contribution in [1.29, 1.82) is 0 Å². The Morgan fingerprint density at radius 3 is 2.40 bits per heavy atom. The second kappa shape index (κ2) is 6.10. The molecule has 104 valence electrons. The molecule has 0 saturated heterocycles. The molecular weight excluding hydrogens is 254 g/mol. The minimum absolute atomic E-state index is 0.617. The van der Waals surface area contributed by atoms with Crippen LogP contribution in [-0.4, -0.2) is 18.2 Å². The third-order valence-corrected chi connectivity index (χ3v) is 3.06. The van der Waals surface area contributed by atoms with Crippen LogP contribution in [0, 0.1) is 6.92 Å². The number of aryl methyl sites for hydroxylation is 1. The van der Waals surface area contributed by atoms with Crippen LogP contribution in [0.15, 0.2) is 48.5 Å². The largest absolute Gasteiger partial charge is 0.495 e. The van der Waals surface area contributed by atoms with Gasteiger partial charge in [0, 0.05) is 0 Å². The molecule has 2 aromatic carbocycles. The van der Waals surface area contributed by atoms with Gasteiger partial charge in [-0.05, 0) is 24.6 Å². The van der Waals surface area contributed by atoms with E-state index in [2.05, 4.69) is 5.32 Å². The van der Waals surface area contributed by atoms with E-state index < -0.39 is 12.0 Å². The fourth-order valence-electron chi connectivity index (χ4n) is 1.97. The zero-order valence-electron chi connectivity index (χ0n) is 11.5. The van der Waals surface area contributed by atoms with E-state index in [0.29, 0.717) is 17.0 Å². The number of nitrogens with one attached hydrogen (secondary N) is 1. The summed E-state index contributed by atoms with van der Waals surface area (Å²) in [6, 6.07) is 13.9. The molecule has 2 N–H and O–H groups in total. The molecule has 0 saturated carbocycles. The lowest BCUT2D eigenvalue weighted by Crippen LogP contribution is -2.20. The molecule has 0 unspecified atom stereocenters. The highest BCUT2D eigenvalue weighted by Gasteiger charge is 2.20. The maximum Gasteiger partial charge on any atom is 0.330 e. The number of carbonyl (C=O) groups is 1. The lowest BCUT2D eigenvalue weighted by molar-refractivity contribution is -0.138. The lowest BCUT2D eigenvalue weighted by atomic mass is 10.0. The SMILES string of the molecule is COc1ccccc1N[C@H](C(=O)O)c1ccc(C)cc1. The van der Waals surface area contributed by atoms with Gasteiger partial charge in [-0.1, -0.05) is 42.0 Å². The van der Waals surface area contributed by atoms with Gasteiger partial charge in [-0.2, -0.15) is 0 Å². The molecule has 2 aromatic rings. The summed E-state index contributed by atoms with van der Waals surface area (Å²) in [6.07, 6.45) is 0. The summed E-state index contributed by atoms with van der Waals surface area (Å²) in [4.78, 5) is 11.5. The van der Waals surface area contributed by atoms with Gasteiger partial charge in [0.25, 0.3) is 0 Å². The van der Waals surface area contributed by atoms with Gasteiger partial charge in [-0.3, -0.25) is 0 Å². The number of anilines is 1. The van der Waals surface area contributed by atoms with E-state index in [4.69, 9.17) is 4.74 Å². The van der Waals surface area contributed by atoms with E-state index in [1.807, 2.05) is 43.3 Å². The lowest BCUT2D eigenvalue weighted by Gasteiger charge is -2.18. The van der Waals surface area contributed by atoms with Crippen LogP contribution in [-0.2, 0) is 4.79 Å². The number of rotatable bonds is 5. The third-order valence-electron chi connectivity index (χ3n) is 3.06. The number of methoxy groups -OCH3 is 1. The van der Waals surface area contributed by atoms with Crippen LogP contribution >= 0.6 is 0 Å². The van der Waals surface area contributed by atoms with Gasteiger partial charge in [0.05, 0.1) is 12.8 Å². The molecule has 20 heavy (non-hydrogen) atoms. The maximum atomic E-state index is 11.5. The van der Waals surface area contributed by atoms with Crippen molar-refractivity contribution >= 4 is 11.7 Å². The van der Waals surface area contributed by atoms with E-state index in [9.17, 15) is 9.90 Å². The summed E-state index contributed by atoms with van der Waals surface area (Å²) >= 11 is 0. The average molecular weight is 271 g/mol. The van der Waals surface area contributed by atoms with Crippen LogP contribution in [0.25, 0.3) is 0 Å². The second-order valence-electron chi connectivity index (χ2n) is 4.53. The van der Waals surface area contributed by atoms with Crippen LogP contribution < -0.4 is 10.1 Å². The molecule has 4 heteroatoms. The minimum atomic E-state index is -0.931. The van der Waals surface area contributed by atoms with Gasteiger partial charge >= 0.3 is 5.97 Å². The van der Waals surface area contributed by atoms with E-state index in [-0.39, 0.29) is 0 Å². The Labute approximate surface area is 118 Å². The Kier molecular flexibility index (Phi) is 4.25. The standard InChI is InChI=1S/C16H17NO3/c1-11-7-9-12(10-8-11)15(16(18)19)17-13-5-3-4-6-14(13)20-2/h3-10,15,17H,1-2H3,(H,18,19)/t15-/m0/s1. The fourth-order valence-corrected chi connectivity index (χ4v) is 1.97. The van der Waals surface area contributed by atoms with Crippen LogP contribution in [0.2, 0.25) is 0 Å². The van der Waals surface area contributed by atoms with E-state index in [0.717, 1.165) is 5.56 Å². The number of hydrogen-bond acceptors (Lipinski definition) is 3. The number of aliphatic carboxylic acids is 1. The maximum absolute atomic E-state index is 11.5. The molecule has 0 spiro atoms. The summed E-state index contributed by atoms with van der Waals surface area (Å²) in [7, 11) is 1.56. The molecule has 0 aliphatic heterocycles. The second-order valence-corrected chi connectivity index (χ2v) is 4.53. The number of ether oxygens (including phenoxy) is 1. The monoisotopic (exact) mass is 271 g/mol. The first-order chi connectivity index (χ1) is 9.61. The van der Waals surface area contributed by atoms with E-state index in [1.165, 1.54) is 0 Å². The highest BCUT2D eigenvalue weighted by molar-refractivity contribution is 5.80. The van der Waals surface area contributed by atoms with Crippen LogP contribution in [0.3, 0.4) is 0 Å². The van der Waals surface area contributed by atoms with Gasteiger partial charge in [0.15, 0.2) is 6.04 Å². The van der Waals surface area contributed by atoms with Crippen LogP contribution in [0.4, 0.5) is 5.69 Å². The Hall–Kier alpha value is -2.49. The molecule has 0 aromatic heterocycles. The van der Waals surface area contributed by atoms with Crippen LogP contribution in [0.1, 0.15) is 17.2 Å². The Balaban J connectivity index is 2.30. The molecule has 4 nitrogen and oxygen atoms in total. The van der Waals surface area contributed by atoms with Crippen LogP contribution in [0.5, 0.6) is 5.75 Å². The van der Waals surface area contributed by atoms with Gasteiger partial charge in [-0.25, -0.2) is 4.79 Å². The highest BCUT2D eigenvalue weighted by Crippen LogP contribution is 2.28. The quantitative estimate of drug-likeness (QED) is 0.876. The predicted octanol–water partition coefficient (Wildman–Crippen LogP) is 3.24. The van der Waals surface area contributed by atoms with Gasteiger partial charge in [0.1, 0.15) is 5.75 Å². The molecular formula is C16H17NO3. The molecule has 1 atom stereocenters. The fraction of sp³-hybridized carbons (Fsp3) is 0.188. The number of hydrogen-bond donors (Lipinski definition) is 2. The minimum Gasteiger partial charge on any atom is -0.495 e. The third kappa shape index (κ3) is 3.09. The topological polar surface area (TPSA) is 58.6 Å².